The Balaban J connectivity index is 2.12. The van der Waals surface area contributed by atoms with Crippen LogP contribution in [0.4, 0.5) is 5.95 Å². The lowest BCUT2D eigenvalue weighted by Crippen LogP contribution is -2.04. The van der Waals surface area contributed by atoms with E-state index in [1.165, 1.54) is 0 Å². The van der Waals surface area contributed by atoms with Crippen molar-refractivity contribution in [1.29, 1.82) is 0 Å². The first-order valence-electron chi connectivity index (χ1n) is 5.79. The summed E-state index contributed by atoms with van der Waals surface area (Å²) in [7, 11) is 0. The fraction of sp³-hybridized carbons (Fsp3) is 0.231. The maximum atomic E-state index is 6.01. The molecule has 4 nitrogen and oxygen atoms in total. The molecule has 0 radical (unpaired) electrons. The summed E-state index contributed by atoms with van der Waals surface area (Å²) in [6.07, 6.45) is 2.66. The fourth-order valence-corrected chi connectivity index (χ4v) is 1.54. The van der Waals surface area contributed by atoms with Gasteiger partial charge in [0.2, 0.25) is 11.8 Å². The molecule has 0 unspecified atom stereocenters. The van der Waals surface area contributed by atoms with Crippen molar-refractivity contribution in [3.05, 3.63) is 41.6 Å². The monoisotopic (exact) mass is 263 g/mol. The van der Waals surface area contributed by atoms with E-state index in [2.05, 4.69) is 22.2 Å². The molecule has 0 amide bonds. The molecular weight excluding hydrogens is 250 g/mol. The first-order chi connectivity index (χ1) is 8.79. The zero-order chi connectivity index (χ0) is 12.8. The number of rotatable bonds is 5. The van der Waals surface area contributed by atoms with E-state index in [4.69, 9.17) is 16.3 Å². The highest BCUT2D eigenvalue weighted by Gasteiger charge is 2.04. The van der Waals surface area contributed by atoms with Crippen LogP contribution in [0.3, 0.4) is 0 Å². The minimum atomic E-state index is 0.469. The Morgan fingerprint density at radius 2 is 2.11 bits per heavy atom. The molecule has 1 heterocycles. The number of anilines is 1. The van der Waals surface area contributed by atoms with Crippen molar-refractivity contribution in [2.75, 3.05) is 11.9 Å². The number of nitrogens with one attached hydrogen (secondary N) is 1. The van der Waals surface area contributed by atoms with Gasteiger partial charge in [-0.25, -0.2) is 4.98 Å². The molecule has 0 spiro atoms. The Morgan fingerprint density at radius 3 is 2.89 bits per heavy atom. The maximum absolute atomic E-state index is 6.01. The van der Waals surface area contributed by atoms with Gasteiger partial charge >= 0.3 is 0 Å². The smallest absolute Gasteiger partial charge is 0.225 e. The third-order valence-electron chi connectivity index (χ3n) is 2.21. The molecule has 0 saturated carbocycles. The van der Waals surface area contributed by atoms with Crippen molar-refractivity contribution in [2.24, 2.45) is 0 Å². The Bertz CT molecular complexity index is 519. The van der Waals surface area contributed by atoms with E-state index in [9.17, 15) is 0 Å². The molecule has 1 N–H and O–H groups in total. The molecule has 0 aliphatic carbocycles. The lowest BCUT2D eigenvalue weighted by atomic mass is 10.3. The van der Waals surface area contributed by atoms with Crippen molar-refractivity contribution in [3.8, 4) is 11.6 Å². The molecule has 0 bridgehead atoms. The second-order valence-corrected chi connectivity index (χ2v) is 4.08. The second-order valence-electron chi connectivity index (χ2n) is 3.68. The fourth-order valence-electron chi connectivity index (χ4n) is 1.36. The summed E-state index contributed by atoms with van der Waals surface area (Å²) < 4.78 is 5.61. The molecule has 0 aliphatic heterocycles. The van der Waals surface area contributed by atoms with Crippen molar-refractivity contribution in [1.82, 2.24) is 9.97 Å². The maximum Gasteiger partial charge on any atom is 0.225 e. The van der Waals surface area contributed by atoms with Crippen molar-refractivity contribution < 1.29 is 4.74 Å². The van der Waals surface area contributed by atoms with Crippen molar-refractivity contribution in [2.45, 2.75) is 13.3 Å². The summed E-state index contributed by atoms with van der Waals surface area (Å²) in [5, 5.41) is 3.65. The number of aromatic nitrogens is 2. The molecule has 18 heavy (non-hydrogen) atoms. The number of nitrogens with zero attached hydrogens (tertiary/aromatic N) is 2. The van der Waals surface area contributed by atoms with Crippen molar-refractivity contribution >= 4 is 17.5 Å². The standard InChI is InChI=1S/C13H14ClN3O/c1-2-8-15-13-16-9-7-12(17-13)18-11-6-4-3-5-10(11)14/h3-7,9H,2,8H2,1H3,(H,15,16,17). The average Bonchev–Trinajstić information content (AvgIpc) is 2.40. The first-order valence-corrected chi connectivity index (χ1v) is 6.16. The molecule has 1 aromatic heterocycles. The summed E-state index contributed by atoms with van der Waals surface area (Å²) >= 11 is 6.01. The zero-order valence-electron chi connectivity index (χ0n) is 10.1. The van der Waals surface area contributed by atoms with Gasteiger partial charge in [0, 0.05) is 18.8 Å². The summed E-state index contributed by atoms with van der Waals surface area (Å²) in [4.78, 5) is 8.35. The van der Waals surface area contributed by atoms with Crippen LogP contribution >= 0.6 is 11.6 Å². The lowest BCUT2D eigenvalue weighted by molar-refractivity contribution is 0.462. The molecule has 0 aliphatic rings. The van der Waals surface area contributed by atoms with E-state index in [0.29, 0.717) is 22.6 Å². The minimum absolute atomic E-state index is 0.469. The van der Waals surface area contributed by atoms with Crippen molar-refractivity contribution in [3.63, 3.8) is 0 Å². The van der Waals surface area contributed by atoms with Crippen LogP contribution in [0.5, 0.6) is 11.6 Å². The number of ether oxygens (including phenoxy) is 1. The Kier molecular flexibility index (Phi) is 4.36. The average molecular weight is 264 g/mol. The molecular formula is C13H14ClN3O. The summed E-state index contributed by atoms with van der Waals surface area (Å²) in [6, 6.07) is 8.97. The number of benzene rings is 1. The SMILES string of the molecule is CCCNc1nccc(Oc2ccccc2Cl)n1. The van der Waals surface area contributed by atoms with Crippen LogP contribution in [0.1, 0.15) is 13.3 Å². The van der Waals surface area contributed by atoms with Gasteiger partial charge in [-0.1, -0.05) is 30.7 Å². The number of hydrogen-bond acceptors (Lipinski definition) is 4. The summed E-state index contributed by atoms with van der Waals surface area (Å²) in [5.74, 6) is 1.61. The quantitative estimate of drug-likeness (QED) is 0.893. The summed E-state index contributed by atoms with van der Waals surface area (Å²) in [6.45, 7) is 2.91. The van der Waals surface area contributed by atoms with Crippen LogP contribution in [0.15, 0.2) is 36.5 Å². The predicted octanol–water partition coefficient (Wildman–Crippen LogP) is 3.74. The van der Waals surface area contributed by atoms with Crippen LogP contribution in [0.2, 0.25) is 5.02 Å². The predicted molar refractivity (Wildman–Crippen MR) is 72.3 cm³/mol. The van der Waals surface area contributed by atoms with Crippen LogP contribution < -0.4 is 10.1 Å². The molecule has 5 heteroatoms. The summed E-state index contributed by atoms with van der Waals surface area (Å²) in [5.41, 5.74) is 0. The Labute approximate surface area is 111 Å². The first kappa shape index (κ1) is 12.6. The van der Waals surface area contributed by atoms with E-state index in [1.54, 1.807) is 24.4 Å². The highest BCUT2D eigenvalue weighted by molar-refractivity contribution is 6.32. The highest BCUT2D eigenvalue weighted by Crippen LogP contribution is 2.27. The third kappa shape index (κ3) is 3.34. The molecule has 94 valence electrons. The van der Waals surface area contributed by atoms with E-state index in [-0.39, 0.29) is 0 Å². The van der Waals surface area contributed by atoms with Gasteiger partial charge in [-0.2, -0.15) is 4.98 Å². The Hall–Kier alpha value is -1.81. The highest BCUT2D eigenvalue weighted by atomic mass is 35.5. The molecule has 1 aromatic carbocycles. The largest absolute Gasteiger partial charge is 0.437 e. The van der Waals surface area contributed by atoms with Gasteiger partial charge in [0.05, 0.1) is 5.02 Å². The van der Waals surface area contributed by atoms with Gasteiger partial charge in [-0.05, 0) is 18.6 Å². The van der Waals surface area contributed by atoms with Crippen LogP contribution in [0.25, 0.3) is 0 Å². The Morgan fingerprint density at radius 1 is 1.28 bits per heavy atom. The number of hydrogen-bond donors (Lipinski definition) is 1. The van der Waals surface area contributed by atoms with Gasteiger partial charge in [0.1, 0.15) is 5.75 Å². The van der Waals surface area contributed by atoms with Crippen LogP contribution in [-0.4, -0.2) is 16.5 Å². The van der Waals surface area contributed by atoms with Gasteiger partial charge in [-0.3, -0.25) is 0 Å². The third-order valence-corrected chi connectivity index (χ3v) is 2.53. The molecule has 2 aromatic rings. The molecule has 0 saturated heterocycles. The van der Waals surface area contributed by atoms with E-state index < -0.39 is 0 Å². The van der Waals surface area contributed by atoms with E-state index in [1.807, 2.05) is 12.1 Å². The van der Waals surface area contributed by atoms with Gasteiger partial charge < -0.3 is 10.1 Å². The van der Waals surface area contributed by atoms with Gasteiger partial charge in [0.25, 0.3) is 0 Å². The minimum Gasteiger partial charge on any atom is -0.437 e. The van der Waals surface area contributed by atoms with Crippen LogP contribution in [-0.2, 0) is 0 Å². The van der Waals surface area contributed by atoms with Gasteiger partial charge in [0.15, 0.2) is 0 Å². The number of para-hydroxylation sites is 1. The number of halogens is 1. The van der Waals surface area contributed by atoms with Gasteiger partial charge in [-0.15, -0.1) is 0 Å². The second kappa shape index (κ2) is 6.21. The normalized spacial score (nSPS) is 10.1. The van der Waals surface area contributed by atoms with E-state index in [0.717, 1.165) is 13.0 Å². The topological polar surface area (TPSA) is 47.0 Å². The molecule has 0 fully saturated rings. The molecule has 0 atom stereocenters. The van der Waals surface area contributed by atoms with Crippen LogP contribution in [0, 0.1) is 0 Å². The lowest BCUT2D eigenvalue weighted by Gasteiger charge is -2.07. The van der Waals surface area contributed by atoms with E-state index >= 15 is 0 Å². The molecule has 2 rings (SSSR count). The zero-order valence-corrected chi connectivity index (χ0v) is 10.8.